The first kappa shape index (κ1) is 16.3. The van der Waals surface area contributed by atoms with Crippen molar-refractivity contribution in [2.24, 2.45) is 0 Å². The minimum Gasteiger partial charge on any atom is -0.355 e. The number of amides is 4. The van der Waals surface area contributed by atoms with Gasteiger partial charge in [-0.25, -0.2) is 4.79 Å². The number of carbonyl (C=O) groups excluding carboxylic acids is 5. The zero-order chi connectivity index (χ0) is 25.5. The van der Waals surface area contributed by atoms with Crippen molar-refractivity contribution in [3.63, 3.8) is 0 Å². The summed E-state index contributed by atoms with van der Waals surface area (Å²) in [6, 6.07) is -0.352. The number of hydrogen-bond acceptors (Lipinski definition) is 7. The molecular weight excluding hydrogens is 389 g/mol. The summed E-state index contributed by atoms with van der Waals surface area (Å²) in [5, 5.41) is 5.49. The fourth-order valence-electron chi connectivity index (χ4n) is 3.21. The third-order valence-corrected chi connectivity index (χ3v) is 4.71. The van der Waals surface area contributed by atoms with Gasteiger partial charge in [-0.05, 0) is 25.8 Å². The molecule has 1 atom stereocenters. The van der Waals surface area contributed by atoms with E-state index in [0.717, 1.165) is 6.42 Å². The fourth-order valence-corrected chi connectivity index (χ4v) is 3.21. The van der Waals surface area contributed by atoms with Gasteiger partial charge in [0, 0.05) is 45.2 Å². The van der Waals surface area contributed by atoms with Crippen LogP contribution in [0.5, 0.6) is 0 Å². The molecule has 0 radical (unpaired) electrons. The Balaban J connectivity index is 1.62. The summed E-state index contributed by atoms with van der Waals surface area (Å²) in [5.41, 5.74) is 0. The van der Waals surface area contributed by atoms with Gasteiger partial charge in [0.1, 0.15) is 0 Å². The largest absolute Gasteiger partial charge is 0.355 e. The van der Waals surface area contributed by atoms with Crippen LogP contribution >= 0.6 is 0 Å². The third kappa shape index (κ3) is 7.45. The monoisotopic (exact) mass is 424 g/mol. The van der Waals surface area contributed by atoms with Crippen molar-refractivity contribution in [2.75, 3.05) is 26.2 Å². The Morgan fingerprint density at radius 2 is 1.83 bits per heavy atom. The summed E-state index contributed by atoms with van der Waals surface area (Å²) in [6.07, 6.45) is -1.50. The molecule has 162 valence electrons. The van der Waals surface area contributed by atoms with Crippen molar-refractivity contribution >= 4 is 29.6 Å². The molecule has 4 amide bonds. The van der Waals surface area contributed by atoms with Gasteiger partial charge in [-0.15, -0.1) is 5.06 Å². The van der Waals surface area contributed by atoms with Crippen LogP contribution in [-0.4, -0.2) is 71.8 Å². The van der Waals surface area contributed by atoms with Gasteiger partial charge in [0.15, 0.2) is 0 Å². The molecule has 2 fully saturated rings. The summed E-state index contributed by atoms with van der Waals surface area (Å²) in [5.74, 6) is -2.80. The predicted octanol–water partition coefficient (Wildman–Crippen LogP) is -0.129. The normalized spacial score (nSPS) is 23.0. The molecular formula is C19H30N4O6. The number of imide groups is 1. The van der Waals surface area contributed by atoms with Crippen LogP contribution in [0.4, 0.5) is 0 Å². The summed E-state index contributed by atoms with van der Waals surface area (Å²) >= 11 is 0. The molecule has 2 N–H and O–H groups in total. The first-order chi connectivity index (χ1) is 15.8. The lowest BCUT2D eigenvalue weighted by Crippen LogP contribution is -2.41. The van der Waals surface area contributed by atoms with Gasteiger partial charge in [0.05, 0.1) is 13.0 Å². The molecule has 29 heavy (non-hydrogen) atoms. The molecule has 0 spiro atoms. The Hall–Kier alpha value is -2.49. The molecule has 0 saturated carbocycles. The van der Waals surface area contributed by atoms with Crippen molar-refractivity contribution in [3.05, 3.63) is 0 Å². The van der Waals surface area contributed by atoms with Crippen molar-refractivity contribution in [3.8, 4) is 0 Å². The Kier molecular flexibility index (Phi) is 6.47. The fraction of sp³-hybridized carbons (Fsp3) is 0.737. The zero-order valence-electron chi connectivity index (χ0n) is 21.2. The molecule has 0 aromatic carbocycles. The van der Waals surface area contributed by atoms with E-state index < -0.39 is 36.9 Å². The maximum atomic E-state index is 12.2. The lowest BCUT2D eigenvalue weighted by atomic mass is 10.1. The second-order valence-corrected chi connectivity index (χ2v) is 6.89. The topological polar surface area (TPSA) is 125 Å². The van der Waals surface area contributed by atoms with Gasteiger partial charge >= 0.3 is 5.97 Å². The molecule has 0 aliphatic carbocycles. The van der Waals surface area contributed by atoms with Crippen molar-refractivity contribution in [2.45, 2.75) is 64.2 Å². The molecule has 10 heteroatoms. The Morgan fingerprint density at radius 3 is 2.55 bits per heavy atom. The van der Waals surface area contributed by atoms with Crippen molar-refractivity contribution in [1.82, 2.24) is 20.6 Å². The standard InChI is InChI=1S/C19H30N4O6/c1-2-4-14-5-3-12-22(14)13-16(25)21-10-8-15(24)20-11-9-19(28)29-23-17(26)6-7-18(23)27/h14H,2-13H2,1H3,(H,20,24)(H,21,25)/i1D3,2D2,9+1,11+1,13+1,15+1,16+1,19+1,20+1,21+1,22+1. The Morgan fingerprint density at radius 1 is 1.14 bits per heavy atom. The minimum atomic E-state index is -2.74. The van der Waals surface area contributed by atoms with Crippen LogP contribution in [0.2, 0.25) is 0 Å². The van der Waals surface area contributed by atoms with Gasteiger partial charge in [-0.2, -0.15) is 0 Å². The molecule has 1 unspecified atom stereocenters. The van der Waals surface area contributed by atoms with Gasteiger partial charge in [0.25, 0.3) is 11.8 Å². The number of likely N-dealkylation sites (tertiary alicyclic amines) is 1. The zero-order valence-corrected chi connectivity index (χ0v) is 16.2. The number of nitrogens with one attached hydrogen (secondary N) is 2. The van der Waals surface area contributed by atoms with Crippen LogP contribution in [0.25, 0.3) is 0 Å². The maximum absolute atomic E-state index is 12.2. The van der Waals surface area contributed by atoms with Crippen molar-refractivity contribution in [1.29, 1.82) is 0 Å². The van der Waals surface area contributed by atoms with E-state index in [1.165, 1.54) is 0 Å². The van der Waals surface area contributed by atoms with Gasteiger partial charge < -0.3 is 15.5 Å². The van der Waals surface area contributed by atoms with E-state index in [2.05, 4.69) is 15.5 Å². The molecule has 10 nitrogen and oxygen atoms in total. The summed E-state index contributed by atoms with van der Waals surface area (Å²) in [6.45, 7) is -2.23. The minimum absolute atomic E-state index is 0.00947. The average Bonchev–Trinajstić information content (AvgIpc) is 3.27. The molecule has 2 heterocycles. The van der Waals surface area contributed by atoms with Crippen LogP contribution < -0.4 is 10.6 Å². The molecule has 2 rings (SSSR count). The SMILES string of the molecule is [2H]C([2H])([2H])C([2H])([2H])CC1CCC[15N]1[13CH2][13C](=O)[15NH]CC[13C](=O)[15NH][13CH2][13CH2][13C](=O)ON1C(=O)CCC1=O. The highest BCUT2D eigenvalue weighted by molar-refractivity contribution is 6.01. The second-order valence-electron chi connectivity index (χ2n) is 6.89. The molecule has 2 saturated heterocycles. The van der Waals surface area contributed by atoms with E-state index >= 15 is 0 Å². The van der Waals surface area contributed by atoms with E-state index in [9.17, 15) is 24.0 Å². The third-order valence-electron chi connectivity index (χ3n) is 4.71. The van der Waals surface area contributed by atoms with Crippen LogP contribution in [-0.2, 0) is 28.8 Å². The van der Waals surface area contributed by atoms with E-state index in [-0.39, 0.29) is 63.7 Å². The number of hydroxylamine groups is 2. The van der Waals surface area contributed by atoms with E-state index in [1.54, 1.807) is 4.90 Å². The van der Waals surface area contributed by atoms with Crippen LogP contribution in [0.1, 0.15) is 65.0 Å². The molecule has 0 aromatic rings. The predicted molar refractivity (Wildman–Crippen MR) is 102 cm³/mol. The smallest absolute Gasteiger partial charge is 0.334 e. The lowest BCUT2D eigenvalue weighted by Gasteiger charge is -2.23. The maximum Gasteiger partial charge on any atom is 0.334 e. The van der Waals surface area contributed by atoms with E-state index in [1.807, 2.05) is 0 Å². The second kappa shape index (κ2) is 11.5. The highest BCUT2D eigenvalue weighted by Gasteiger charge is 2.32. The quantitative estimate of drug-likeness (QED) is 0.269. The number of carbonyl (C=O) groups is 5. The average molecular weight is 424 g/mol. The highest BCUT2D eigenvalue weighted by atomic mass is 16.8. The van der Waals surface area contributed by atoms with E-state index in [0.29, 0.717) is 18.0 Å². The van der Waals surface area contributed by atoms with Crippen LogP contribution in [0.3, 0.4) is 0 Å². The molecule has 2 aliphatic heterocycles. The Labute approximate surface area is 177 Å². The molecule has 0 bridgehead atoms. The Bertz CT molecular complexity index is 791. The summed E-state index contributed by atoms with van der Waals surface area (Å²) in [4.78, 5) is 64.9. The lowest BCUT2D eigenvalue weighted by molar-refractivity contribution is -0.197. The van der Waals surface area contributed by atoms with E-state index in [4.69, 9.17) is 6.85 Å². The van der Waals surface area contributed by atoms with Crippen LogP contribution in [0.15, 0.2) is 0 Å². The van der Waals surface area contributed by atoms with Crippen molar-refractivity contribution < 1.29 is 35.7 Å². The molecule has 0 aromatic heterocycles. The van der Waals surface area contributed by atoms with Gasteiger partial charge in [0.2, 0.25) is 11.8 Å². The van der Waals surface area contributed by atoms with Gasteiger partial charge in [-0.1, -0.05) is 13.2 Å². The van der Waals surface area contributed by atoms with Crippen LogP contribution in [0, 0.1) is 0 Å². The van der Waals surface area contributed by atoms with Gasteiger partial charge in [-0.3, -0.25) is 24.1 Å². The number of rotatable bonds is 11. The number of hydrogen-bond donors (Lipinski definition) is 2. The first-order valence-electron chi connectivity index (χ1n) is 12.1. The molecule has 2 aliphatic rings. The number of nitrogens with zero attached hydrogens (tertiary/aromatic N) is 2. The summed E-state index contributed by atoms with van der Waals surface area (Å²) < 4.78 is 37.6. The highest BCUT2D eigenvalue weighted by Crippen LogP contribution is 2.20. The summed E-state index contributed by atoms with van der Waals surface area (Å²) in [7, 11) is 0. The first-order valence-corrected chi connectivity index (χ1v) is 9.64.